The minimum absolute atomic E-state index is 0.544. The molecular weight excluding hydrogens is 266 g/mol. The molecule has 1 heterocycles. The van der Waals surface area contributed by atoms with Gasteiger partial charge in [-0.2, -0.15) is 0 Å². The summed E-state index contributed by atoms with van der Waals surface area (Å²) >= 11 is 1.80. The zero-order valence-electron chi connectivity index (χ0n) is 11.9. The maximum Gasteiger partial charge on any atom is 0.121 e. The molecule has 0 saturated heterocycles. The summed E-state index contributed by atoms with van der Waals surface area (Å²) in [6, 6.07) is 8.75. The van der Waals surface area contributed by atoms with Crippen molar-refractivity contribution in [1.29, 1.82) is 0 Å². The Bertz CT molecular complexity index is 539. The standard InChI is InChI=1S/C16H21N3S/c1-2-8-17-9-7-15-18-19-16(20-15)14-10-12-5-3-4-6-13(12)11-14/h3-6,14,17H,2,7-11H2,1H3. The van der Waals surface area contributed by atoms with Gasteiger partial charge in [0, 0.05) is 18.9 Å². The third-order valence-corrected chi connectivity index (χ3v) is 4.97. The first-order chi connectivity index (χ1) is 9.86. The molecule has 4 heteroatoms. The molecule has 1 aliphatic carbocycles. The molecule has 0 unspecified atom stereocenters. The number of rotatable bonds is 6. The molecule has 0 spiro atoms. The Balaban J connectivity index is 1.58. The topological polar surface area (TPSA) is 37.8 Å². The van der Waals surface area contributed by atoms with Gasteiger partial charge in [0.15, 0.2) is 0 Å². The van der Waals surface area contributed by atoms with Crippen LogP contribution in [0.2, 0.25) is 0 Å². The SMILES string of the molecule is CCCNCCc1nnc(C2Cc3ccccc3C2)s1. The Morgan fingerprint density at radius 3 is 2.60 bits per heavy atom. The first kappa shape index (κ1) is 13.7. The van der Waals surface area contributed by atoms with Crippen LogP contribution in [-0.4, -0.2) is 23.3 Å². The van der Waals surface area contributed by atoms with E-state index in [0.29, 0.717) is 5.92 Å². The van der Waals surface area contributed by atoms with Gasteiger partial charge < -0.3 is 5.32 Å². The van der Waals surface area contributed by atoms with Crippen molar-refractivity contribution in [1.82, 2.24) is 15.5 Å². The van der Waals surface area contributed by atoms with Crippen LogP contribution in [0, 0.1) is 0 Å². The van der Waals surface area contributed by atoms with Gasteiger partial charge in [0.05, 0.1) is 0 Å². The minimum atomic E-state index is 0.544. The van der Waals surface area contributed by atoms with Crippen LogP contribution in [0.1, 0.15) is 40.4 Å². The Morgan fingerprint density at radius 2 is 1.90 bits per heavy atom. The van der Waals surface area contributed by atoms with E-state index in [1.807, 2.05) is 0 Å². The summed E-state index contributed by atoms with van der Waals surface area (Å²) in [5.74, 6) is 0.544. The van der Waals surface area contributed by atoms with E-state index in [4.69, 9.17) is 0 Å². The molecule has 1 aromatic carbocycles. The fourth-order valence-electron chi connectivity index (χ4n) is 2.76. The molecule has 1 N–H and O–H groups in total. The van der Waals surface area contributed by atoms with Crippen LogP contribution in [0.15, 0.2) is 24.3 Å². The zero-order chi connectivity index (χ0) is 13.8. The normalized spacial score (nSPS) is 14.7. The lowest BCUT2D eigenvalue weighted by Gasteiger charge is -2.02. The second-order valence-corrected chi connectivity index (χ2v) is 6.50. The quantitative estimate of drug-likeness (QED) is 0.830. The monoisotopic (exact) mass is 287 g/mol. The third kappa shape index (κ3) is 3.07. The summed E-state index contributed by atoms with van der Waals surface area (Å²) < 4.78 is 0. The van der Waals surface area contributed by atoms with E-state index >= 15 is 0 Å². The highest BCUT2D eigenvalue weighted by Crippen LogP contribution is 2.34. The molecule has 0 amide bonds. The minimum Gasteiger partial charge on any atom is -0.316 e. The van der Waals surface area contributed by atoms with Crippen LogP contribution in [-0.2, 0) is 19.3 Å². The van der Waals surface area contributed by atoms with E-state index in [-0.39, 0.29) is 0 Å². The number of nitrogens with one attached hydrogen (secondary N) is 1. The van der Waals surface area contributed by atoms with E-state index in [0.717, 1.165) is 32.4 Å². The molecule has 0 saturated carbocycles. The molecule has 0 bridgehead atoms. The number of benzene rings is 1. The van der Waals surface area contributed by atoms with Gasteiger partial charge in [0.2, 0.25) is 0 Å². The second-order valence-electron chi connectivity index (χ2n) is 5.41. The molecule has 0 aliphatic heterocycles. The molecule has 1 aromatic heterocycles. The fourth-order valence-corrected chi connectivity index (χ4v) is 3.71. The van der Waals surface area contributed by atoms with Gasteiger partial charge >= 0.3 is 0 Å². The highest BCUT2D eigenvalue weighted by Gasteiger charge is 2.25. The summed E-state index contributed by atoms with van der Waals surface area (Å²) in [6.45, 7) is 4.28. The van der Waals surface area contributed by atoms with Crippen molar-refractivity contribution in [2.45, 2.75) is 38.5 Å². The Kier molecular flexibility index (Phi) is 4.43. The van der Waals surface area contributed by atoms with E-state index in [1.165, 1.54) is 27.6 Å². The van der Waals surface area contributed by atoms with E-state index in [1.54, 1.807) is 11.3 Å². The molecule has 20 heavy (non-hydrogen) atoms. The van der Waals surface area contributed by atoms with Crippen molar-refractivity contribution in [3.8, 4) is 0 Å². The van der Waals surface area contributed by atoms with Gasteiger partial charge in [-0.1, -0.05) is 31.2 Å². The van der Waals surface area contributed by atoms with Crippen molar-refractivity contribution in [3.63, 3.8) is 0 Å². The molecule has 1 aliphatic rings. The fraction of sp³-hybridized carbons (Fsp3) is 0.500. The molecule has 0 atom stereocenters. The van der Waals surface area contributed by atoms with Gasteiger partial charge in [0.1, 0.15) is 10.0 Å². The van der Waals surface area contributed by atoms with Gasteiger partial charge in [-0.3, -0.25) is 0 Å². The molecule has 106 valence electrons. The zero-order valence-corrected chi connectivity index (χ0v) is 12.7. The average Bonchev–Trinajstić information content (AvgIpc) is 3.09. The van der Waals surface area contributed by atoms with Crippen molar-refractivity contribution < 1.29 is 0 Å². The van der Waals surface area contributed by atoms with Crippen molar-refractivity contribution in [2.75, 3.05) is 13.1 Å². The van der Waals surface area contributed by atoms with Crippen LogP contribution < -0.4 is 5.32 Å². The molecule has 0 radical (unpaired) electrons. The van der Waals surface area contributed by atoms with Crippen molar-refractivity contribution in [3.05, 3.63) is 45.4 Å². The summed E-state index contributed by atoms with van der Waals surface area (Å²) in [7, 11) is 0. The van der Waals surface area contributed by atoms with Crippen LogP contribution >= 0.6 is 11.3 Å². The lowest BCUT2D eigenvalue weighted by atomic mass is 10.1. The molecule has 2 aromatic rings. The Morgan fingerprint density at radius 1 is 1.15 bits per heavy atom. The maximum absolute atomic E-state index is 4.42. The lowest BCUT2D eigenvalue weighted by molar-refractivity contribution is 0.666. The molecule has 3 rings (SSSR count). The third-order valence-electron chi connectivity index (χ3n) is 3.83. The summed E-state index contributed by atoms with van der Waals surface area (Å²) in [5.41, 5.74) is 2.97. The first-order valence-corrected chi connectivity index (χ1v) is 8.28. The van der Waals surface area contributed by atoms with Crippen molar-refractivity contribution in [2.24, 2.45) is 0 Å². The summed E-state index contributed by atoms with van der Waals surface area (Å²) in [6.07, 6.45) is 4.43. The highest BCUT2D eigenvalue weighted by atomic mass is 32.1. The lowest BCUT2D eigenvalue weighted by Crippen LogP contribution is -2.17. The number of hydrogen-bond acceptors (Lipinski definition) is 4. The van der Waals surface area contributed by atoms with Gasteiger partial charge in [-0.15, -0.1) is 21.5 Å². The molecular formula is C16H21N3S. The second kappa shape index (κ2) is 6.46. The first-order valence-electron chi connectivity index (χ1n) is 7.46. The number of fused-ring (bicyclic) bond motifs is 1. The van der Waals surface area contributed by atoms with Crippen molar-refractivity contribution >= 4 is 11.3 Å². The maximum atomic E-state index is 4.42. The number of aromatic nitrogens is 2. The molecule has 0 fully saturated rings. The highest BCUT2D eigenvalue weighted by molar-refractivity contribution is 7.11. The smallest absolute Gasteiger partial charge is 0.121 e. The Hall–Kier alpha value is -1.26. The van der Waals surface area contributed by atoms with Gasteiger partial charge in [0.25, 0.3) is 0 Å². The van der Waals surface area contributed by atoms with E-state index in [9.17, 15) is 0 Å². The van der Waals surface area contributed by atoms with E-state index < -0.39 is 0 Å². The van der Waals surface area contributed by atoms with E-state index in [2.05, 4.69) is 46.7 Å². The van der Waals surface area contributed by atoms with Crippen LogP contribution in [0.5, 0.6) is 0 Å². The van der Waals surface area contributed by atoms with Crippen LogP contribution in [0.3, 0.4) is 0 Å². The average molecular weight is 287 g/mol. The number of nitrogens with zero attached hydrogens (tertiary/aromatic N) is 2. The van der Waals surface area contributed by atoms with Gasteiger partial charge in [-0.25, -0.2) is 0 Å². The van der Waals surface area contributed by atoms with Gasteiger partial charge in [-0.05, 0) is 36.9 Å². The largest absolute Gasteiger partial charge is 0.316 e. The van der Waals surface area contributed by atoms with Crippen LogP contribution in [0.4, 0.5) is 0 Å². The number of hydrogen-bond donors (Lipinski definition) is 1. The summed E-state index contributed by atoms with van der Waals surface area (Å²) in [4.78, 5) is 0. The predicted octanol–water partition coefficient (Wildman–Crippen LogP) is 2.96. The summed E-state index contributed by atoms with van der Waals surface area (Å²) in [5, 5.41) is 14.6. The predicted molar refractivity (Wildman–Crippen MR) is 83.4 cm³/mol. The Labute approximate surface area is 124 Å². The van der Waals surface area contributed by atoms with Crippen LogP contribution in [0.25, 0.3) is 0 Å². The molecule has 3 nitrogen and oxygen atoms in total.